The molecule has 0 aromatic rings. The van der Waals surface area contributed by atoms with Gasteiger partial charge in [-0.25, -0.2) is 0 Å². The molecule has 10 heteroatoms. The predicted octanol–water partition coefficient (Wildman–Crippen LogP) is 0.956. The third-order valence-electron chi connectivity index (χ3n) is 8.92. The highest BCUT2D eigenvalue weighted by Crippen LogP contribution is 2.32. The molecule has 0 radical (unpaired) electrons. The molecule has 9 nitrogen and oxygen atoms in total. The molecule has 0 bridgehead atoms. The number of hydrogen-bond acceptors (Lipinski definition) is 6. The van der Waals surface area contributed by atoms with Crippen LogP contribution in [0.1, 0.15) is 79.1 Å². The van der Waals surface area contributed by atoms with Crippen LogP contribution < -0.4 is 10.4 Å². The Morgan fingerprint density at radius 3 is 2.27 bits per heavy atom. The van der Waals surface area contributed by atoms with Crippen LogP contribution in [0, 0.1) is 11.1 Å². The Bertz CT molecular complexity index is 823. The van der Waals surface area contributed by atoms with Gasteiger partial charge in [0.15, 0.2) is 0 Å². The molecule has 2 amide bonds. The summed E-state index contributed by atoms with van der Waals surface area (Å²) in [6.45, 7) is 11.1. The fourth-order valence-corrected chi connectivity index (χ4v) is 8.16. The molecule has 37 heavy (non-hydrogen) atoms. The van der Waals surface area contributed by atoms with Crippen LogP contribution >= 0.6 is 0 Å². The third-order valence-corrected chi connectivity index (χ3v) is 10.4. The molecule has 0 aromatic heterocycles. The molecule has 3 fully saturated rings. The van der Waals surface area contributed by atoms with Gasteiger partial charge in [-0.2, -0.15) is 0 Å². The van der Waals surface area contributed by atoms with Crippen LogP contribution in [-0.4, -0.2) is 106 Å². The van der Waals surface area contributed by atoms with E-state index in [0.717, 1.165) is 69.8 Å². The lowest BCUT2D eigenvalue weighted by atomic mass is 9.86. The second-order valence-corrected chi connectivity index (χ2v) is 14.3. The summed E-state index contributed by atoms with van der Waals surface area (Å²) in [5.41, 5.74) is -1.03. The highest BCUT2D eigenvalue weighted by molar-refractivity contribution is 7.85. The van der Waals surface area contributed by atoms with Gasteiger partial charge < -0.3 is 20.1 Å². The van der Waals surface area contributed by atoms with Gasteiger partial charge in [-0.05, 0) is 59.9 Å². The lowest BCUT2D eigenvalue weighted by Crippen LogP contribution is -3.19. The molecule has 5 atom stereocenters. The molecule has 0 saturated carbocycles. The number of carbonyl (C=O) groups excluding carboxylic acids is 2. The van der Waals surface area contributed by atoms with E-state index < -0.39 is 21.9 Å². The van der Waals surface area contributed by atoms with E-state index in [9.17, 15) is 19.0 Å². The fourth-order valence-electron chi connectivity index (χ4n) is 6.46. The summed E-state index contributed by atoms with van der Waals surface area (Å²) in [4.78, 5) is 31.6. The highest BCUT2D eigenvalue weighted by atomic mass is 32.2. The molecule has 3 saturated heterocycles. The number of nitrogens with zero attached hydrogens (tertiary/aromatic N) is 3. The van der Waals surface area contributed by atoms with Crippen molar-refractivity contribution in [1.82, 2.24) is 20.0 Å². The van der Waals surface area contributed by atoms with Crippen molar-refractivity contribution in [3.63, 3.8) is 0 Å². The van der Waals surface area contributed by atoms with Gasteiger partial charge in [0.1, 0.15) is 5.54 Å². The van der Waals surface area contributed by atoms with Crippen LogP contribution in [0.15, 0.2) is 0 Å². The van der Waals surface area contributed by atoms with Gasteiger partial charge in [0.05, 0.1) is 11.5 Å². The maximum atomic E-state index is 13.0. The maximum Gasteiger partial charge on any atom is 0.231 e. The molecule has 3 aliphatic heterocycles. The minimum atomic E-state index is -0.685. The number of rotatable bonds is 13. The third kappa shape index (κ3) is 7.53. The lowest BCUT2D eigenvalue weighted by molar-refractivity contribution is -0.933. The quantitative estimate of drug-likeness (QED) is 0.266. The first-order valence-electron chi connectivity index (χ1n) is 14.2. The molecule has 214 valence electrons. The zero-order valence-electron chi connectivity index (χ0n) is 24.0. The van der Waals surface area contributed by atoms with Crippen LogP contribution in [0.4, 0.5) is 0 Å². The Hall–Kier alpha value is -1.07. The standard InChI is InChI=1S/C27H51N5O4S/c1-26(2)17-21(27(3,4)32(26)35)25(34)30(6)15-11-8-7-10-14-29(5)24(33)13-9-12-16-31-20-28-22-18-37(36)19-23(22)31/h21-23,28,32H,7-20H2,1-6H3/t21?,22-,23+,37?/m1/s1. The molecule has 0 aromatic carbocycles. The molecule has 0 aliphatic carbocycles. The minimum Gasteiger partial charge on any atom is -0.634 e. The first-order chi connectivity index (χ1) is 17.3. The average molecular weight is 542 g/mol. The zero-order valence-corrected chi connectivity index (χ0v) is 24.8. The number of unbranched alkanes of at least 4 members (excludes halogenated alkanes) is 4. The van der Waals surface area contributed by atoms with Gasteiger partial charge in [0.25, 0.3) is 0 Å². The number of fused-ring (bicyclic) bond motifs is 1. The molecular weight excluding hydrogens is 490 g/mol. The molecule has 0 spiro atoms. The molecule has 3 unspecified atom stereocenters. The maximum absolute atomic E-state index is 13.0. The highest BCUT2D eigenvalue weighted by Gasteiger charge is 2.55. The van der Waals surface area contributed by atoms with Gasteiger partial charge in [0, 0.05) is 81.1 Å². The van der Waals surface area contributed by atoms with Gasteiger partial charge in [0.2, 0.25) is 11.8 Å². The summed E-state index contributed by atoms with van der Waals surface area (Å²) in [5.74, 6) is 1.62. The van der Waals surface area contributed by atoms with Crippen LogP contribution in [-0.2, 0) is 20.4 Å². The van der Waals surface area contributed by atoms with Crippen molar-refractivity contribution >= 4 is 22.6 Å². The first kappa shape index (κ1) is 30.5. The first-order valence-corrected chi connectivity index (χ1v) is 15.7. The van der Waals surface area contributed by atoms with E-state index in [-0.39, 0.29) is 22.8 Å². The number of carbonyl (C=O) groups is 2. The Morgan fingerprint density at radius 1 is 1.00 bits per heavy atom. The van der Waals surface area contributed by atoms with E-state index in [1.54, 1.807) is 4.90 Å². The summed E-state index contributed by atoms with van der Waals surface area (Å²) in [6, 6.07) is 0.787. The molecular formula is C27H51N5O4S. The summed E-state index contributed by atoms with van der Waals surface area (Å²) >= 11 is 0. The van der Waals surface area contributed by atoms with Gasteiger partial charge in [-0.15, -0.1) is 0 Å². The van der Waals surface area contributed by atoms with Gasteiger partial charge in [-0.3, -0.25) is 24.0 Å². The number of hydroxylamine groups is 2. The van der Waals surface area contributed by atoms with E-state index in [2.05, 4.69) is 10.2 Å². The van der Waals surface area contributed by atoms with Crippen LogP contribution in [0.2, 0.25) is 0 Å². The van der Waals surface area contributed by atoms with Gasteiger partial charge >= 0.3 is 0 Å². The molecule has 3 heterocycles. The van der Waals surface area contributed by atoms with Crippen molar-refractivity contribution in [3.05, 3.63) is 5.21 Å². The van der Waals surface area contributed by atoms with Crippen LogP contribution in [0.3, 0.4) is 0 Å². The fraction of sp³-hybridized carbons (Fsp3) is 0.926. The smallest absolute Gasteiger partial charge is 0.231 e. The van der Waals surface area contributed by atoms with E-state index in [4.69, 9.17) is 0 Å². The number of nitrogens with one attached hydrogen (secondary N) is 2. The monoisotopic (exact) mass is 541 g/mol. The van der Waals surface area contributed by atoms with E-state index in [1.807, 2.05) is 46.7 Å². The SMILES string of the molecule is CN(CCCCCCN(C)C(=O)C1CC(C)(C)[NH+]([O-])C1(C)C)C(=O)CCCCN1CN[C@@H]2CS(=O)C[C@@H]21. The summed E-state index contributed by atoms with van der Waals surface area (Å²) < 4.78 is 11.8. The van der Waals surface area contributed by atoms with E-state index >= 15 is 0 Å². The van der Waals surface area contributed by atoms with Crippen molar-refractivity contribution in [2.24, 2.45) is 5.92 Å². The summed E-state index contributed by atoms with van der Waals surface area (Å²) in [5, 5.41) is 16.3. The summed E-state index contributed by atoms with van der Waals surface area (Å²) in [7, 11) is 3.06. The second kappa shape index (κ2) is 12.9. The zero-order chi connectivity index (χ0) is 27.4. The van der Waals surface area contributed by atoms with Crippen LogP contribution in [0.5, 0.6) is 0 Å². The van der Waals surface area contributed by atoms with E-state index in [0.29, 0.717) is 31.5 Å². The Balaban J connectivity index is 1.22. The Labute approximate surface area is 226 Å². The molecule has 3 rings (SSSR count). The van der Waals surface area contributed by atoms with Crippen molar-refractivity contribution in [3.8, 4) is 0 Å². The normalized spacial score (nSPS) is 30.4. The topological polar surface area (TPSA) is 100 Å². The number of amides is 2. The predicted molar refractivity (Wildman–Crippen MR) is 148 cm³/mol. The minimum absolute atomic E-state index is 0.0910. The average Bonchev–Trinajstić information content (AvgIpc) is 3.44. The summed E-state index contributed by atoms with van der Waals surface area (Å²) in [6.07, 6.45) is 7.06. The Kier molecular flexibility index (Phi) is 10.6. The number of quaternary nitrogens is 1. The van der Waals surface area contributed by atoms with Crippen molar-refractivity contribution < 1.29 is 18.9 Å². The van der Waals surface area contributed by atoms with E-state index in [1.165, 1.54) is 0 Å². The number of hydrogen-bond donors (Lipinski definition) is 2. The molecule has 2 N–H and O–H groups in total. The van der Waals surface area contributed by atoms with Crippen molar-refractivity contribution in [1.29, 1.82) is 0 Å². The van der Waals surface area contributed by atoms with Crippen molar-refractivity contribution in [2.45, 2.75) is 102 Å². The lowest BCUT2D eigenvalue weighted by Gasteiger charge is -2.41. The van der Waals surface area contributed by atoms with Crippen LogP contribution in [0.25, 0.3) is 0 Å². The largest absolute Gasteiger partial charge is 0.634 e. The second-order valence-electron chi connectivity index (χ2n) is 12.8. The Morgan fingerprint density at radius 2 is 1.65 bits per heavy atom. The van der Waals surface area contributed by atoms with Crippen molar-refractivity contribution in [2.75, 3.05) is 51.9 Å². The molecule has 3 aliphatic rings. The van der Waals surface area contributed by atoms with Gasteiger partial charge in [-0.1, -0.05) is 12.8 Å².